The lowest BCUT2D eigenvalue weighted by atomic mass is 9.99. The number of allylic oxidation sites excluding steroid dienone is 2. The Morgan fingerprint density at radius 2 is 2.10 bits per heavy atom. The lowest BCUT2D eigenvalue weighted by molar-refractivity contribution is -0.111. The van der Waals surface area contributed by atoms with E-state index in [1.165, 1.54) is 12.3 Å². The number of hydrogen-bond acceptors (Lipinski definition) is 5. The van der Waals surface area contributed by atoms with Gasteiger partial charge in [-0.15, -0.1) is 0 Å². The largest absolute Gasteiger partial charge is 0.486 e. The van der Waals surface area contributed by atoms with Gasteiger partial charge in [-0.1, -0.05) is 6.08 Å². The summed E-state index contributed by atoms with van der Waals surface area (Å²) in [7, 11) is 0. The number of rotatable bonds is 5. The molecule has 154 valence electrons. The molecule has 0 atom stereocenters. The van der Waals surface area contributed by atoms with Crippen LogP contribution < -0.4 is 20.1 Å². The van der Waals surface area contributed by atoms with Gasteiger partial charge in [0.15, 0.2) is 11.5 Å². The number of dihydropyridines is 1. The highest BCUT2D eigenvalue weighted by atomic mass is 19.1. The highest BCUT2D eigenvalue weighted by molar-refractivity contribution is 6.00. The van der Waals surface area contributed by atoms with Gasteiger partial charge in [0.2, 0.25) is 5.91 Å². The molecule has 2 N–H and O–H groups in total. The number of amides is 1. The van der Waals surface area contributed by atoms with Crippen molar-refractivity contribution in [2.45, 2.75) is 18.9 Å². The van der Waals surface area contributed by atoms with Crippen LogP contribution >= 0.6 is 0 Å². The maximum atomic E-state index is 14.6. The normalized spacial score (nSPS) is 18.2. The minimum atomic E-state index is -0.372. The number of nitrogens with one attached hydrogen (secondary N) is 2. The maximum absolute atomic E-state index is 14.6. The summed E-state index contributed by atoms with van der Waals surface area (Å²) in [5, 5.41) is 10.0. The van der Waals surface area contributed by atoms with Crippen molar-refractivity contribution in [3.63, 3.8) is 0 Å². The molecule has 1 amide bonds. The van der Waals surface area contributed by atoms with Crippen LogP contribution in [-0.2, 0) is 4.79 Å². The molecule has 1 aliphatic carbocycles. The highest BCUT2D eigenvalue weighted by Crippen LogP contribution is 2.36. The average Bonchev–Trinajstić information content (AvgIpc) is 3.50. The van der Waals surface area contributed by atoms with Crippen molar-refractivity contribution in [2.75, 3.05) is 25.1 Å². The second kappa shape index (κ2) is 7.70. The molecule has 0 unspecified atom stereocenters. The first-order valence-electron chi connectivity index (χ1n) is 9.93. The summed E-state index contributed by atoms with van der Waals surface area (Å²) in [6.07, 6.45) is 10.1. The zero-order chi connectivity index (χ0) is 20.5. The third-order valence-electron chi connectivity index (χ3n) is 5.14. The molecule has 3 aliphatic rings. The van der Waals surface area contributed by atoms with E-state index in [-0.39, 0.29) is 11.7 Å². The summed E-state index contributed by atoms with van der Waals surface area (Å²) >= 11 is 0. The average molecular weight is 408 g/mol. The molecule has 0 bridgehead atoms. The standard InChI is InChI=1S/C22H21FN4O3/c23-18-12-24-10-14(22(18)15-11-25-27(13-15)17-3-4-17)1-6-21(28)26-16-2-5-19-20(9-16)30-8-7-29-19/h1-2,5-6,9,11-13,17,24H,3-4,7-8,10H2,(H,26,28)/b6-1+. The quantitative estimate of drug-likeness (QED) is 0.742. The molecule has 1 aromatic heterocycles. The van der Waals surface area contributed by atoms with Crippen LogP contribution in [0.25, 0.3) is 5.57 Å². The van der Waals surface area contributed by atoms with Gasteiger partial charge >= 0.3 is 0 Å². The molecular formula is C22H21FN4O3. The Morgan fingerprint density at radius 3 is 2.93 bits per heavy atom. The zero-order valence-corrected chi connectivity index (χ0v) is 16.2. The first-order chi connectivity index (χ1) is 14.7. The first kappa shape index (κ1) is 18.5. The third kappa shape index (κ3) is 3.80. The zero-order valence-electron chi connectivity index (χ0n) is 16.2. The van der Waals surface area contributed by atoms with Gasteiger partial charge in [0.1, 0.15) is 19.0 Å². The van der Waals surface area contributed by atoms with Gasteiger partial charge in [0.05, 0.1) is 12.2 Å². The first-order valence-corrected chi connectivity index (χ1v) is 9.93. The number of nitrogens with zero attached hydrogens (tertiary/aromatic N) is 2. The number of ether oxygens (including phenoxy) is 2. The summed E-state index contributed by atoms with van der Waals surface area (Å²) in [6.45, 7) is 1.41. The Labute approximate surface area is 172 Å². The summed E-state index contributed by atoms with van der Waals surface area (Å²) < 4.78 is 27.5. The molecule has 8 heteroatoms. The van der Waals surface area contributed by atoms with Gasteiger partial charge in [-0.05, 0) is 30.5 Å². The van der Waals surface area contributed by atoms with Gasteiger partial charge in [-0.25, -0.2) is 4.39 Å². The van der Waals surface area contributed by atoms with Crippen LogP contribution in [0.15, 0.2) is 60.3 Å². The number of anilines is 1. The van der Waals surface area contributed by atoms with Crippen molar-refractivity contribution in [2.24, 2.45) is 0 Å². The van der Waals surface area contributed by atoms with Crippen molar-refractivity contribution >= 4 is 17.2 Å². The molecular weight excluding hydrogens is 387 g/mol. The van der Waals surface area contributed by atoms with Crippen LogP contribution in [0.3, 0.4) is 0 Å². The smallest absolute Gasteiger partial charge is 0.248 e. The van der Waals surface area contributed by atoms with E-state index in [0.717, 1.165) is 12.8 Å². The number of hydrogen-bond donors (Lipinski definition) is 2. The van der Waals surface area contributed by atoms with Crippen LogP contribution in [0, 0.1) is 0 Å². The summed E-state index contributed by atoms with van der Waals surface area (Å²) in [5.74, 6) is 0.571. The predicted molar refractivity (Wildman–Crippen MR) is 110 cm³/mol. The Hall–Kier alpha value is -3.55. The molecule has 1 saturated carbocycles. The second-order valence-corrected chi connectivity index (χ2v) is 7.39. The van der Waals surface area contributed by atoms with E-state index in [1.807, 2.05) is 10.9 Å². The van der Waals surface area contributed by atoms with Crippen molar-refractivity contribution in [3.05, 3.63) is 65.9 Å². The van der Waals surface area contributed by atoms with Crippen LogP contribution in [-0.4, -0.2) is 35.4 Å². The minimum Gasteiger partial charge on any atom is -0.486 e. The van der Waals surface area contributed by atoms with E-state index in [4.69, 9.17) is 9.47 Å². The second-order valence-electron chi connectivity index (χ2n) is 7.39. The number of halogens is 1. The van der Waals surface area contributed by atoms with Gasteiger partial charge in [0, 0.05) is 47.9 Å². The van der Waals surface area contributed by atoms with Gasteiger partial charge in [-0.2, -0.15) is 5.10 Å². The third-order valence-corrected chi connectivity index (χ3v) is 5.14. The molecule has 5 rings (SSSR count). The van der Waals surface area contributed by atoms with E-state index in [0.29, 0.717) is 59.7 Å². The molecule has 7 nitrogen and oxygen atoms in total. The molecule has 3 heterocycles. The fourth-order valence-electron chi connectivity index (χ4n) is 3.52. The highest BCUT2D eigenvalue weighted by Gasteiger charge is 2.26. The molecule has 30 heavy (non-hydrogen) atoms. The van der Waals surface area contributed by atoms with Crippen molar-refractivity contribution in [1.29, 1.82) is 0 Å². The molecule has 1 aromatic carbocycles. The summed E-state index contributed by atoms with van der Waals surface area (Å²) in [5.41, 5.74) is 2.46. The number of benzene rings is 1. The number of aromatic nitrogens is 2. The summed E-state index contributed by atoms with van der Waals surface area (Å²) in [6, 6.07) is 5.66. The van der Waals surface area contributed by atoms with Gasteiger partial charge in [0.25, 0.3) is 0 Å². The van der Waals surface area contributed by atoms with E-state index < -0.39 is 0 Å². The van der Waals surface area contributed by atoms with Crippen LogP contribution in [0.5, 0.6) is 11.5 Å². The Balaban J connectivity index is 1.34. The van der Waals surface area contributed by atoms with Crippen LogP contribution in [0.2, 0.25) is 0 Å². The van der Waals surface area contributed by atoms with Gasteiger partial charge < -0.3 is 20.1 Å². The topological polar surface area (TPSA) is 77.4 Å². The number of carbonyl (C=O) groups is 1. The van der Waals surface area contributed by atoms with Crippen molar-refractivity contribution in [1.82, 2.24) is 15.1 Å². The monoisotopic (exact) mass is 408 g/mol. The Morgan fingerprint density at radius 1 is 1.27 bits per heavy atom. The van der Waals surface area contributed by atoms with E-state index in [9.17, 15) is 9.18 Å². The van der Waals surface area contributed by atoms with E-state index >= 15 is 0 Å². The Bertz CT molecular complexity index is 1080. The Kier molecular flexibility index (Phi) is 4.74. The maximum Gasteiger partial charge on any atom is 0.248 e. The van der Waals surface area contributed by atoms with Crippen LogP contribution in [0.1, 0.15) is 24.4 Å². The number of carbonyl (C=O) groups excluding carboxylic acids is 1. The van der Waals surface area contributed by atoms with Gasteiger partial charge in [-0.3, -0.25) is 9.48 Å². The van der Waals surface area contributed by atoms with Crippen LogP contribution in [0.4, 0.5) is 10.1 Å². The molecule has 2 aromatic rings. The van der Waals surface area contributed by atoms with Crippen molar-refractivity contribution < 1.29 is 18.7 Å². The fraction of sp³-hybridized carbons (Fsp3) is 0.273. The van der Waals surface area contributed by atoms with E-state index in [2.05, 4.69) is 15.7 Å². The van der Waals surface area contributed by atoms with E-state index in [1.54, 1.807) is 30.5 Å². The number of fused-ring (bicyclic) bond motifs is 1. The molecule has 0 spiro atoms. The molecule has 1 fully saturated rings. The SMILES string of the molecule is O=C(/C=C/C1=C(c2cnn(C3CC3)c2)C(F)=CNC1)Nc1ccc2c(c1)OCCO2. The fourth-order valence-corrected chi connectivity index (χ4v) is 3.52. The predicted octanol–water partition coefficient (Wildman–Crippen LogP) is 3.35. The summed E-state index contributed by atoms with van der Waals surface area (Å²) in [4.78, 5) is 12.4. The molecule has 0 saturated heterocycles. The molecule has 0 radical (unpaired) electrons. The minimum absolute atomic E-state index is 0.317. The lowest BCUT2D eigenvalue weighted by Crippen LogP contribution is -2.17. The molecule has 2 aliphatic heterocycles. The lowest BCUT2D eigenvalue weighted by Gasteiger charge is -2.18. The van der Waals surface area contributed by atoms with Crippen molar-refractivity contribution in [3.8, 4) is 11.5 Å².